The second-order valence-electron chi connectivity index (χ2n) is 9.85. The Kier molecular flexibility index (Phi) is 7.28. The van der Waals surface area contributed by atoms with Crippen molar-refractivity contribution in [3.63, 3.8) is 0 Å². The number of nitrogens with one attached hydrogen (secondary N) is 1. The number of carbonyl (C=O) groups is 2. The van der Waals surface area contributed by atoms with E-state index in [1.54, 1.807) is 12.1 Å². The van der Waals surface area contributed by atoms with Crippen LogP contribution in [0.2, 0.25) is 0 Å². The molecule has 4 heterocycles. The second kappa shape index (κ2) is 11.3. The lowest BCUT2D eigenvalue weighted by Crippen LogP contribution is -2.39. The number of hydrogen-bond acceptors (Lipinski definition) is 8. The van der Waals surface area contributed by atoms with E-state index in [9.17, 15) is 9.59 Å². The lowest BCUT2D eigenvalue weighted by molar-refractivity contribution is 0.0691. The molecule has 2 saturated heterocycles. The number of anilines is 1. The molecule has 11 nitrogen and oxygen atoms in total. The maximum Gasteiger partial charge on any atom is 0.412 e. The van der Waals surface area contributed by atoms with E-state index in [-0.39, 0.29) is 11.9 Å². The zero-order valence-corrected chi connectivity index (χ0v) is 22.3. The van der Waals surface area contributed by atoms with Gasteiger partial charge in [0.1, 0.15) is 11.6 Å². The van der Waals surface area contributed by atoms with Gasteiger partial charge in [-0.1, -0.05) is 18.2 Å². The van der Waals surface area contributed by atoms with Crippen molar-refractivity contribution < 1.29 is 19.1 Å². The van der Waals surface area contributed by atoms with Gasteiger partial charge in [0, 0.05) is 44.4 Å². The number of hydrogen-bond donors (Lipinski definition) is 1. The minimum atomic E-state index is -0.527. The fraction of sp³-hybridized carbons (Fsp3) is 0.345. The van der Waals surface area contributed by atoms with Gasteiger partial charge in [-0.2, -0.15) is 5.10 Å². The van der Waals surface area contributed by atoms with E-state index in [4.69, 9.17) is 24.5 Å². The maximum absolute atomic E-state index is 13.0. The van der Waals surface area contributed by atoms with Crippen molar-refractivity contribution >= 4 is 28.9 Å². The van der Waals surface area contributed by atoms with E-state index in [1.807, 2.05) is 58.2 Å². The highest BCUT2D eigenvalue weighted by molar-refractivity contribution is 5.94. The van der Waals surface area contributed by atoms with Gasteiger partial charge in [-0.05, 0) is 49.2 Å². The number of amides is 2. The van der Waals surface area contributed by atoms with Gasteiger partial charge in [-0.15, -0.1) is 0 Å². The predicted molar refractivity (Wildman–Crippen MR) is 149 cm³/mol. The third-order valence-corrected chi connectivity index (χ3v) is 7.39. The van der Waals surface area contributed by atoms with Crippen LogP contribution in [0, 0.1) is 0 Å². The molecule has 2 aliphatic rings. The number of aromatic nitrogens is 4. The summed E-state index contributed by atoms with van der Waals surface area (Å²) in [6, 6.07) is 16.7. The first-order valence-electron chi connectivity index (χ1n) is 13.5. The first kappa shape index (κ1) is 25.8. The number of nitrogens with zero attached hydrogens (tertiary/aromatic N) is 6. The van der Waals surface area contributed by atoms with Crippen molar-refractivity contribution in [2.75, 3.05) is 51.3 Å². The number of fused-ring (bicyclic) bond motifs is 1. The minimum Gasteiger partial charge on any atom is -0.410 e. The second-order valence-corrected chi connectivity index (χ2v) is 9.85. The summed E-state index contributed by atoms with van der Waals surface area (Å²) in [4.78, 5) is 38.6. The number of rotatable bonds is 5. The molecule has 1 N–H and O–H groups in total. The lowest BCUT2D eigenvalue weighted by Gasteiger charge is -2.32. The molecule has 0 bridgehead atoms. The van der Waals surface area contributed by atoms with Crippen molar-refractivity contribution in [3.8, 4) is 17.1 Å². The van der Waals surface area contributed by atoms with Crippen LogP contribution in [0.5, 0.6) is 5.75 Å². The zero-order valence-electron chi connectivity index (χ0n) is 22.3. The highest BCUT2D eigenvalue weighted by Gasteiger charge is 2.28. The molecule has 2 amide bonds. The van der Waals surface area contributed by atoms with E-state index >= 15 is 0 Å². The lowest BCUT2D eigenvalue weighted by atomic mass is 10.0. The third kappa shape index (κ3) is 5.20. The largest absolute Gasteiger partial charge is 0.412 e. The molecule has 40 heavy (non-hydrogen) atoms. The number of piperidine rings is 1. The fourth-order valence-corrected chi connectivity index (χ4v) is 5.23. The summed E-state index contributed by atoms with van der Waals surface area (Å²) in [5.74, 6) is 1.89. The van der Waals surface area contributed by atoms with Gasteiger partial charge in [0.2, 0.25) is 0 Å². The molecular formula is C29H31N7O4. The highest BCUT2D eigenvalue weighted by Crippen LogP contribution is 2.32. The van der Waals surface area contributed by atoms with Crippen LogP contribution in [-0.4, -0.2) is 83.1 Å². The Labute approximate surface area is 231 Å². The van der Waals surface area contributed by atoms with Crippen LogP contribution < -0.4 is 15.0 Å². The van der Waals surface area contributed by atoms with Gasteiger partial charge >= 0.3 is 6.09 Å². The third-order valence-electron chi connectivity index (χ3n) is 7.39. The van der Waals surface area contributed by atoms with Gasteiger partial charge in [-0.3, -0.25) is 4.79 Å². The Bertz CT molecular complexity index is 1490. The van der Waals surface area contributed by atoms with Gasteiger partial charge in [0.15, 0.2) is 11.5 Å². The summed E-state index contributed by atoms with van der Waals surface area (Å²) in [6.45, 7) is 4.04. The molecule has 11 heteroatoms. The van der Waals surface area contributed by atoms with Crippen molar-refractivity contribution in [2.45, 2.75) is 18.9 Å². The summed E-state index contributed by atoms with van der Waals surface area (Å²) in [5.41, 5.74) is 2.28. The van der Waals surface area contributed by atoms with Gasteiger partial charge in [0.05, 0.1) is 30.8 Å². The summed E-state index contributed by atoms with van der Waals surface area (Å²) in [6.07, 6.45) is 2.90. The maximum atomic E-state index is 13.0. The van der Waals surface area contributed by atoms with Crippen LogP contribution in [0.15, 0.2) is 60.8 Å². The molecule has 4 aromatic rings. The van der Waals surface area contributed by atoms with Crippen LogP contribution >= 0.6 is 0 Å². The van der Waals surface area contributed by atoms with E-state index in [0.717, 1.165) is 48.3 Å². The first-order chi connectivity index (χ1) is 19.6. The number of benzene rings is 2. The molecule has 0 aliphatic carbocycles. The molecule has 6 rings (SSSR count). The van der Waals surface area contributed by atoms with Gasteiger partial charge < -0.3 is 24.6 Å². The molecule has 2 fully saturated rings. The highest BCUT2D eigenvalue weighted by atomic mass is 16.5. The van der Waals surface area contributed by atoms with Gasteiger partial charge in [-0.25, -0.2) is 19.4 Å². The molecule has 0 radical (unpaired) electrons. The van der Waals surface area contributed by atoms with Gasteiger partial charge in [0.25, 0.3) is 5.91 Å². The van der Waals surface area contributed by atoms with Crippen LogP contribution in [0.1, 0.15) is 29.2 Å². The van der Waals surface area contributed by atoms with Crippen molar-refractivity contribution in [1.29, 1.82) is 0 Å². The summed E-state index contributed by atoms with van der Waals surface area (Å²) < 4.78 is 12.8. The SMILES string of the molecule is CNC(=O)Oc1ccc(-c2nc(N3CCOCC3)c3cnn(C4CCN(C(=O)c5ccccc5)CC4)c3n2)cc1. The molecule has 2 aliphatic heterocycles. The molecular weight excluding hydrogens is 510 g/mol. The summed E-state index contributed by atoms with van der Waals surface area (Å²) in [7, 11) is 1.51. The number of carbonyl (C=O) groups excluding carboxylic acids is 2. The Morgan fingerprint density at radius 3 is 2.38 bits per heavy atom. The Balaban J connectivity index is 1.30. The number of likely N-dealkylation sites (tertiary alicyclic amines) is 1. The average molecular weight is 542 g/mol. The molecule has 0 spiro atoms. The topological polar surface area (TPSA) is 115 Å². The van der Waals surface area contributed by atoms with E-state index in [0.29, 0.717) is 43.4 Å². The molecule has 0 atom stereocenters. The number of ether oxygens (including phenoxy) is 2. The van der Waals surface area contributed by atoms with E-state index in [1.165, 1.54) is 7.05 Å². The van der Waals surface area contributed by atoms with Crippen molar-refractivity contribution in [1.82, 2.24) is 30.0 Å². The normalized spacial score (nSPS) is 16.2. The first-order valence-corrected chi connectivity index (χ1v) is 13.5. The standard InChI is InChI=1S/C29H31N7O4/c1-30-29(38)40-23-9-7-20(8-10-23)25-32-26(34-15-17-39-18-16-34)24-19-31-36(27(24)33-25)22-11-13-35(14-12-22)28(37)21-5-3-2-4-6-21/h2-10,19,22H,11-18H2,1H3,(H,30,38). The average Bonchev–Trinajstić information content (AvgIpc) is 3.45. The molecule has 2 aromatic heterocycles. The zero-order chi connectivity index (χ0) is 27.5. The quantitative estimate of drug-likeness (QED) is 0.408. The summed E-state index contributed by atoms with van der Waals surface area (Å²) in [5, 5.41) is 8.12. The van der Waals surface area contributed by atoms with E-state index in [2.05, 4.69) is 10.2 Å². The minimum absolute atomic E-state index is 0.0624. The Morgan fingerprint density at radius 1 is 0.950 bits per heavy atom. The number of morpholine rings is 1. The van der Waals surface area contributed by atoms with Crippen LogP contribution in [0.4, 0.5) is 10.6 Å². The Morgan fingerprint density at radius 2 is 1.68 bits per heavy atom. The van der Waals surface area contributed by atoms with Crippen molar-refractivity contribution in [3.05, 3.63) is 66.4 Å². The Hall–Kier alpha value is -4.51. The predicted octanol–water partition coefficient (Wildman–Crippen LogP) is 3.53. The molecule has 0 unspecified atom stereocenters. The molecule has 2 aromatic carbocycles. The monoisotopic (exact) mass is 541 g/mol. The van der Waals surface area contributed by atoms with Crippen LogP contribution in [0.25, 0.3) is 22.4 Å². The van der Waals surface area contributed by atoms with E-state index < -0.39 is 6.09 Å². The van der Waals surface area contributed by atoms with Crippen molar-refractivity contribution in [2.24, 2.45) is 0 Å². The van der Waals surface area contributed by atoms with Crippen LogP contribution in [0.3, 0.4) is 0 Å². The van der Waals surface area contributed by atoms with Crippen LogP contribution in [-0.2, 0) is 4.74 Å². The molecule has 206 valence electrons. The summed E-state index contributed by atoms with van der Waals surface area (Å²) >= 11 is 0. The fourth-order valence-electron chi connectivity index (χ4n) is 5.23. The molecule has 0 saturated carbocycles. The smallest absolute Gasteiger partial charge is 0.410 e.